The largest absolute Gasteiger partial charge is 0.338 e. The summed E-state index contributed by atoms with van der Waals surface area (Å²) in [5, 5.41) is 0. The SMILES string of the molecule is Cc1ccc(C(C)N(C)C(=O)C2CCC(N)CC2)s1. The zero-order chi connectivity index (χ0) is 14.0. The molecule has 1 amide bonds. The molecule has 2 rings (SSSR count). The molecule has 1 aromatic rings. The number of carbonyl (C=O) groups is 1. The Morgan fingerprint density at radius 2 is 2.00 bits per heavy atom. The van der Waals surface area contributed by atoms with Crippen molar-refractivity contribution < 1.29 is 4.79 Å². The number of aryl methyl sites for hydroxylation is 1. The lowest BCUT2D eigenvalue weighted by atomic mass is 9.85. The highest BCUT2D eigenvalue weighted by Crippen LogP contribution is 2.30. The van der Waals surface area contributed by atoms with Gasteiger partial charge in [0.2, 0.25) is 5.91 Å². The molecule has 1 aliphatic carbocycles. The molecule has 0 radical (unpaired) electrons. The molecule has 4 heteroatoms. The number of amides is 1. The summed E-state index contributed by atoms with van der Waals surface area (Å²) < 4.78 is 0. The van der Waals surface area contributed by atoms with E-state index in [0.29, 0.717) is 6.04 Å². The third-order valence-electron chi connectivity index (χ3n) is 4.22. The van der Waals surface area contributed by atoms with Gasteiger partial charge < -0.3 is 10.6 Å². The molecule has 106 valence electrons. The van der Waals surface area contributed by atoms with Gasteiger partial charge in [0, 0.05) is 28.8 Å². The average molecular weight is 280 g/mol. The highest BCUT2D eigenvalue weighted by Gasteiger charge is 2.29. The number of nitrogens with two attached hydrogens (primary N) is 1. The van der Waals surface area contributed by atoms with Crippen molar-refractivity contribution in [3.8, 4) is 0 Å². The Bertz CT molecular complexity index is 435. The second-order valence-corrected chi connectivity index (χ2v) is 7.00. The first kappa shape index (κ1) is 14.5. The van der Waals surface area contributed by atoms with Crippen molar-refractivity contribution in [1.82, 2.24) is 4.90 Å². The summed E-state index contributed by atoms with van der Waals surface area (Å²) in [7, 11) is 1.93. The molecule has 0 spiro atoms. The zero-order valence-corrected chi connectivity index (χ0v) is 12.9. The second kappa shape index (κ2) is 6.06. The number of carbonyl (C=O) groups excluding carboxylic acids is 1. The van der Waals surface area contributed by atoms with E-state index in [2.05, 4.69) is 26.0 Å². The van der Waals surface area contributed by atoms with Crippen molar-refractivity contribution in [2.24, 2.45) is 11.7 Å². The Morgan fingerprint density at radius 1 is 1.37 bits per heavy atom. The molecule has 1 saturated carbocycles. The summed E-state index contributed by atoms with van der Waals surface area (Å²) in [4.78, 5) is 17.0. The van der Waals surface area contributed by atoms with Crippen molar-refractivity contribution >= 4 is 17.2 Å². The van der Waals surface area contributed by atoms with Crippen LogP contribution in [0.1, 0.15) is 48.4 Å². The molecule has 1 fully saturated rings. The van der Waals surface area contributed by atoms with E-state index >= 15 is 0 Å². The minimum Gasteiger partial charge on any atom is -0.338 e. The number of hydrogen-bond donors (Lipinski definition) is 1. The summed E-state index contributed by atoms with van der Waals surface area (Å²) in [6.07, 6.45) is 3.86. The smallest absolute Gasteiger partial charge is 0.225 e. The minimum absolute atomic E-state index is 0.168. The predicted molar refractivity (Wildman–Crippen MR) is 80.2 cm³/mol. The third-order valence-corrected chi connectivity index (χ3v) is 5.39. The molecular weight excluding hydrogens is 256 g/mol. The normalized spacial score (nSPS) is 25.1. The molecule has 1 atom stereocenters. The van der Waals surface area contributed by atoms with Crippen LogP contribution in [-0.4, -0.2) is 23.9 Å². The van der Waals surface area contributed by atoms with Crippen molar-refractivity contribution in [2.45, 2.75) is 51.6 Å². The Labute approximate surface area is 119 Å². The lowest BCUT2D eigenvalue weighted by Crippen LogP contribution is -2.38. The maximum Gasteiger partial charge on any atom is 0.225 e. The Hall–Kier alpha value is -0.870. The summed E-state index contributed by atoms with van der Waals surface area (Å²) in [6, 6.07) is 4.72. The standard InChI is InChI=1S/C15H24N2OS/c1-10-4-9-14(19-10)11(2)17(3)15(18)12-5-7-13(16)8-6-12/h4,9,11-13H,5-8,16H2,1-3H3. The van der Waals surface area contributed by atoms with E-state index in [4.69, 9.17) is 5.73 Å². The van der Waals surface area contributed by atoms with Gasteiger partial charge in [0.05, 0.1) is 6.04 Å². The van der Waals surface area contributed by atoms with Crippen LogP contribution in [0.5, 0.6) is 0 Å². The lowest BCUT2D eigenvalue weighted by molar-refractivity contribution is -0.137. The molecule has 2 N–H and O–H groups in total. The van der Waals surface area contributed by atoms with Gasteiger partial charge in [-0.25, -0.2) is 0 Å². The summed E-state index contributed by atoms with van der Waals surface area (Å²) in [6.45, 7) is 4.21. The van der Waals surface area contributed by atoms with E-state index in [9.17, 15) is 4.79 Å². The van der Waals surface area contributed by atoms with Gasteiger partial charge in [-0.3, -0.25) is 4.79 Å². The van der Waals surface area contributed by atoms with E-state index < -0.39 is 0 Å². The first-order valence-corrected chi connectivity index (χ1v) is 7.89. The number of nitrogens with zero attached hydrogens (tertiary/aromatic N) is 1. The molecule has 0 aliphatic heterocycles. The maximum atomic E-state index is 12.5. The van der Waals surface area contributed by atoms with E-state index in [0.717, 1.165) is 25.7 Å². The fraction of sp³-hybridized carbons (Fsp3) is 0.667. The molecule has 1 unspecified atom stereocenters. The third kappa shape index (κ3) is 3.37. The van der Waals surface area contributed by atoms with Crippen molar-refractivity contribution in [3.05, 3.63) is 21.9 Å². The monoisotopic (exact) mass is 280 g/mol. The molecular formula is C15H24N2OS. The first-order valence-electron chi connectivity index (χ1n) is 7.07. The Morgan fingerprint density at radius 3 is 2.53 bits per heavy atom. The van der Waals surface area contributed by atoms with Crippen LogP contribution < -0.4 is 5.73 Å². The molecule has 0 bridgehead atoms. The summed E-state index contributed by atoms with van der Waals surface area (Å²) >= 11 is 1.77. The van der Waals surface area contributed by atoms with Gasteiger partial charge >= 0.3 is 0 Å². The van der Waals surface area contributed by atoms with Gasteiger partial charge in [0.15, 0.2) is 0 Å². The first-order chi connectivity index (χ1) is 8.99. The summed E-state index contributed by atoms with van der Waals surface area (Å²) in [5.74, 6) is 0.457. The van der Waals surface area contributed by atoms with Gasteiger partial charge in [0.25, 0.3) is 0 Å². The van der Waals surface area contributed by atoms with Crippen LogP contribution in [0, 0.1) is 12.8 Å². The minimum atomic E-state index is 0.168. The Balaban J connectivity index is 1.98. The summed E-state index contributed by atoms with van der Waals surface area (Å²) in [5.41, 5.74) is 5.90. The van der Waals surface area contributed by atoms with Crippen LogP contribution in [0.3, 0.4) is 0 Å². The molecule has 1 aliphatic rings. The van der Waals surface area contributed by atoms with Crippen LogP contribution in [0.4, 0.5) is 0 Å². The van der Waals surface area contributed by atoms with Crippen molar-refractivity contribution in [1.29, 1.82) is 0 Å². The number of rotatable bonds is 3. The van der Waals surface area contributed by atoms with Gasteiger partial charge in [-0.05, 0) is 51.7 Å². The fourth-order valence-electron chi connectivity index (χ4n) is 2.71. The molecule has 0 saturated heterocycles. The molecule has 3 nitrogen and oxygen atoms in total. The van der Waals surface area contributed by atoms with Crippen molar-refractivity contribution in [2.75, 3.05) is 7.05 Å². The fourth-order valence-corrected chi connectivity index (χ4v) is 3.69. The van der Waals surface area contributed by atoms with E-state index in [1.54, 1.807) is 11.3 Å². The topological polar surface area (TPSA) is 46.3 Å². The van der Waals surface area contributed by atoms with E-state index in [1.807, 2.05) is 11.9 Å². The average Bonchev–Trinajstić information content (AvgIpc) is 2.84. The second-order valence-electron chi connectivity index (χ2n) is 5.69. The van der Waals surface area contributed by atoms with Crippen LogP contribution >= 0.6 is 11.3 Å². The molecule has 19 heavy (non-hydrogen) atoms. The highest BCUT2D eigenvalue weighted by atomic mass is 32.1. The number of hydrogen-bond acceptors (Lipinski definition) is 3. The quantitative estimate of drug-likeness (QED) is 0.925. The van der Waals surface area contributed by atoms with Crippen LogP contribution in [0.15, 0.2) is 12.1 Å². The van der Waals surface area contributed by atoms with E-state index in [-0.39, 0.29) is 17.9 Å². The van der Waals surface area contributed by atoms with Crippen LogP contribution in [-0.2, 0) is 4.79 Å². The lowest BCUT2D eigenvalue weighted by Gasteiger charge is -2.31. The van der Waals surface area contributed by atoms with Crippen LogP contribution in [0.25, 0.3) is 0 Å². The zero-order valence-electron chi connectivity index (χ0n) is 12.1. The van der Waals surface area contributed by atoms with E-state index in [1.165, 1.54) is 9.75 Å². The predicted octanol–water partition coefficient (Wildman–Crippen LogP) is 3.09. The van der Waals surface area contributed by atoms with Crippen molar-refractivity contribution in [3.63, 3.8) is 0 Å². The highest BCUT2D eigenvalue weighted by molar-refractivity contribution is 7.12. The Kier molecular flexibility index (Phi) is 4.63. The maximum absolute atomic E-state index is 12.5. The molecule has 1 aromatic heterocycles. The number of thiophene rings is 1. The molecule has 0 aromatic carbocycles. The van der Waals surface area contributed by atoms with Gasteiger partial charge in [-0.1, -0.05) is 0 Å². The van der Waals surface area contributed by atoms with Crippen LogP contribution in [0.2, 0.25) is 0 Å². The van der Waals surface area contributed by atoms with Gasteiger partial charge in [0.1, 0.15) is 0 Å². The van der Waals surface area contributed by atoms with Gasteiger partial charge in [-0.2, -0.15) is 0 Å². The van der Waals surface area contributed by atoms with Gasteiger partial charge in [-0.15, -0.1) is 11.3 Å². The molecule has 1 heterocycles.